The predicted octanol–water partition coefficient (Wildman–Crippen LogP) is 7.63. The third kappa shape index (κ3) is 10.5. The minimum atomic E-state index is -1.03. The van der Waals surface area contributed by atoms with Crippen molar-refractivity contribution in [1.82, 2.24) is 19.9 Å². The van der Waals surface area contributed by atoms with Crippen LogP contribution in [0.1, 0.15) is 126 Å². The van der Waals surface area contributed by atoms with E-state index in [9.17, 15) is 14.7 Å². The molecule has 10 heteroatoms. The van der Waals surface area contributed by atoms with Crippen molar-refractivity contribution >= 4 is 17.5 Å². The fourth-order valence-electron chi connectivity index (χ4n) is 5.76. The Labute approximate surface area is 274 Å². The molecule has 1 aliphatic carbocycles. The molecule has 0 unspecified atom stereocenters. The van der Waals surface area contributed by atoms with E-state index in [4.69, 9.17) is 9.84 Å². The number of fused-ring (bicyclic) bond motifs is 2. The SMILES string of the molecule is CC.CC.CC(C)(C)O.Cc1nc2cc(C(=O)NCCC3CCCCC3)nn2c(-c2cc(F)c3c(c2C)CCCO3)c1CC(=O)O. The van der Waals surface area contributed by atoms with Gasteiger partial charge in [-0.3, -0.25) is 9.59 Å². The van der Waals surface area contributed by atoms with E-state index in [0.717, 1.165) is 24.0 Å². The van der Waals surface area contributed by atoms with Gasteiger partial charge in [0.1, 0.15) is 0 Å². The maximum atomic E-state index is 15.2. The number of aryl methyl sites for hydroxylation is 1. The highest BCUT2D eigenvalue weighted by atomic mass is 19.1. The lowest BCUT2D eigenvalue weighted by Gasteiger charge is -2.23. The maximum Gasteiger partial charge on any atom is 0.307 e. The number of aliphatic hydroxyl groups is 1. The predicted molar refractivity (Wildman–Crippen MR) is 181 cm³/mol. The topological polar surface area (TPSA) is 126 Å². The molecule has 1 saturated carbocycles. The highest BCUT2D eigenvalue weighted by Gasteiger charge is 2.26. The molecule has 3 N–H and O–H groups in total. The Hall–Kier alpha value is -3.53. The van der Waals surface area contributed by atoms with E-state index in [2.05, 4.69) is 15.4 Å². The number of carbonyl (C=O) groups is 2. The lowest BCUT2D eigenvalue weighted by atomic mass is 9.87. The summed E-state index contributed by atoms with van der Waals surface area (Å²) >= 11 is 0. The number of amides is 1. The summed E-state index contributed by atoms with van der Waals surface area (Å²) in [7, 11) is 0. The summed E-state index contributed by atoms with van der Waals surface area (Å²) in [6.45, 7) is 17.9. The van der Waals surface area contributed by atoms with E-state index in [1.165, 1.54) is 42.7 Å². The number of nitrogens with zero attached hydrogens (tertiary/aromatic N) is 3. The average Bonchev–Trinajstić information content (AvgIpc) is 3.45. The van der Waals surface area contributed by atoms with Crippen molar-refractivity contribution in [3.63, 3.8) is 0 Å². The summed E-state index contributed by atoms with van der Waals surface area (Å²) in [6, 6.07) is 2.98. The van der Waals surface area contributed by atoms with Crippen LogP contribution in [-0.2, 0) is 17.6 Å². The fourth-order valence-corrected chi connectivity index (χ4v) is 5.76. The standard InChI is InChI=1S/C28H33FN4O4.C4H10O.2C2H6/c1-16-19-9-6-12-37-27(19)22(29)13-20(16)26-21(14-25(34)35)17(2)31-24-15-23(32-33(24)26)28(36)30-11-10-18-7-4-3-5-8-18;1-4(2,3)5;2*1-2/h13,15,18H,3-12,14H2,1-2H3,(H,30,36)(H,34,35);5H,1-3H3;2*1-2H3. The van der Waals surface area contributed by atoms with Crippen LogP contribution in [0.3, 0.4) is 0 Å². The quantitative estimate of drug-likeness (QED) is 0.242. The zero-order valence-corrected chi connectivity index (χ0v) is 29.3. The van der Waals surface area contributed by atoms with Gasteiger partial charge in [-0.05, 0) is 71.4 Å². The Bertz CT molecular complexity index is 1450. The summed E-state index contributed by atoms with van der Waals surface area (Å²) in [5.74, 6) is -0.917. The molecule has 1 amide bonds. The first-order valence-electron chi connectivity index (χ1n) is 16.9. The zero-order chi connectivity index (χ0) is 34.6. The molecule has 0 bridgehead atoms. The molecular formula is C36H55FN4O5. The van der Waals surface area contributed by atoms with E-state index in [1.807, 2.05) is 34.6 Å². The Morgan fingerprint density at radius 2 is 1.70 bits per heavy atom. The van der Waals surface area contributed by atoms with Crippen molar-refractivity contribution in [1.29, 1.82) is 0 Å². The molecule has 1 aliphatic heterocycles. The Morgan fingerprint density at radius 3 is 2.30 bits per heavy atom. The Balaban J connectivity index is 0.000000736. The average molecular weight is 643 g/mol. The van der Waals surface area contributed by atoms with Gasteiger partial charge in [0, 0.05) is 35.0 Å². The van der Waals surface area contributed by atoms with Crippen molar-refractivity contribution in [3.8, 4) is 17.0 Å². The number of carbonyl (C=O) groups excluding carboxylic acids is 1. The monoisotopic (exact) mass is 642 g/mol. The van der Waals surface area contributed by atoms with Crippen LogP contribution in [0.5, 0.6) is 5.75 Å². The number of rotatable bonds is 7. The van der Waals surface area contributed by atoms with Crippen LogP contribution in [0.15, 0.2) is 12.1 Å². The third-order valence-electron chi connectivity index (χ3n) is 7.72. The largest absolute Gasteiger partial charge is 0.490 e. The molecule has 1 aromatic carbocycles. The van der Waals surface area contributed by atoms with Crippen LogP contribution in [0.25, 0.3) is 16.9 Å². The maximum absolute atomic E-state index is 15.2. The molecule has 1 fully saturated rings. The first-order chi connectivity index (χ1) is 21.8. The van der Waals surface area contributed by atoms with E-state index in [-0.39, 0.29) is 23.8 Å². The number of halogens is 1. The second-order valence-corrected chi connectivity index (χ2v) is 12.4. The van der Waals surface area contributed by atoms with Gasteiger partial charge in [-0.25, -0.2) is 13.9 Å². The molecule has 0 atom stereocenters. The first-order valence-corrected chi connectivity index (χ1v) is 16.9. The second kappa shape index (κ2) is 18.0. The van der Waals surface area contributed by atoms with Crippen molar-refractivity contribution in [2.24, 2.45) is 5.92 Å². The lowest BCUT2D eigenvalue weighted by molar-refractivity contribution is -0.136. The number of benzene rings is 1. The van der Waals surface area contributed by atoms with Gasteiger partial charge in [0.25, 0.3) is 5.91 Å². The van der Waals surface area contributed by atoms with Gasteiger partial charge in [0.15, 0.2) is 22.9 Å². The number of aromatic nitrogens is 3. The Morgan fingerprint density at radius 1 is 1.07 bits per heavy atom. The normalized spacial score (nSPS) is 14.3. The van der Waals surface area contributed by atoms with Crippen LogP contribution in [-0.4, -0.2) is 55.4 Å². The minimum absolute atomic E-state index is 0.198. The summed E-state index contributed by atoms with van der Waals surface area (Å²) in [5.41, 5.74) is 3.60. The van der Waals surface area contributed by atoms with Crippen LogP contribution >= 0.6 is 0 Å². The number of carboxylic acids is 1. The van der Waals surface area contributed by atoms with E-state index in [0.29, 0.717) is 53.7 Å². The summed E-state index contributed by atoms with van der Waals surface area (Å²) in [4.78, 5) is 29.3. The number of hydrogen-bond acceptors (Lipinski definition) is 6. The smallest absolute Gasteiger partial charge is 0.307 e. The van der Waals surface area contributed by atoms with Crippen LogP contribution in [0.4, 0.5) is 4.39 Å². The number of aliphatic carboxylic acids is 1. The van der Waals surface area contributed by atoms with Crippen molar-refractivity contribution in [3.05, 3.63) is 46.0 Å². The molecule has 46 heavy (non-hydrogen) atoms. The number of nitrogens with one attached hydrogen (secondary N) is 1. The van der Waals surface area contributed by atoms with Gasteiger partial charge >= 0.3 is 5.97 Å². The van der Waals surface area contributed by atoms with Gasteiger partial charge in [-0.2, -0.15) is 5.10 Å². The Kier molecular flexibility index (Phi) is 15.1. The van der Waals surface area contributed by atoms with Crippen molar-refractivity contribution < 1.29 is 28.9 Å². The molecule has 9 nitrogen and oxygen atoms in total. The first kappa shape index (κ1) is 38.7. The van der Waals surface area contributed by atoms with Crippen LogP contribution in [0, 0.1) is 25.6 Å². The van der Waals surface area contributed by atoms with E-state index in [1.54, 1.807) is 33.8 Å². The molecule has 256 valence electrons. The molecular weight excluding hydrogens is 587 g/mol. The zero-order valence-electron chi connectivity index (χ0n) is 29.3. The molecule has 2 aliphatic rings. The molecule has 2 aromatic heterocycles. The van der Waals surface area contributed by atoms with Crippen LogP contribution < -0.4 is 10.1 Å². The third-order valence-corrected chi connectivity index (χ3v) is 7.72. The van der Waals surface area contributed by atoms with Gasteiger partial charge in [-0.1, -0.05) is 59.8 Å². The molecule has 3 heterocycles. The molecule has 0 saturated heterocycles. The fraction of sp³-hybridized carbons (Fsp3) is 0.611. The number of hydrogen-bond donors (Lipinski definition) is 3. The summed E-state index contributed by atoms with van der Waals surface area (Å²) in [5, 5.41) is 25.7. The molecule has 0 spiro atoms. The minimum Gasteiger partial charge on any atom is -0.490 e. The number of ether oxygens (including phenoxy) is 1. The molecule has 5 rings (SSSR count). The summed E-state index contributed by atoms with van der Waals surface area (Å²) < 4.78 is 22.2. The lowest BCUT2D eigenvalue weighted by Crippen LogP contribution is -2.26. The van der Waals surface area contributed by atoms with Gasteiger partial charge in [-0.15, -0.1) is 0 Å². The number of carboxylic acid groups (broad SMARTS) is 1. The highest BCUT2D eigenvalue weighted by molar-refractivity contribution is 5.93. The van der Waals surface area contributed by atoms with Crippen LogP contribution in [0.2, 0.25) is 0 Å². The van der Waals surface area contributed by atoms with E-state index < -0.39 is 17.4 Å². The van der Waals surface area contributed by atoms with Crippen molar-refractivity contribution in [2.45, 2.75) is 126 Å². The highest BCUT2D eigenvalue weighted by Crippen LogP contribution is 2.39. The van der Waals surface area contributed by atoms with Gasteiger partial charge in [0.2, 0.25) is 0 Å². The van der Waals surface area contributed by atoms with Crippen molar-refractivity contribution in [2.75, 3.05) is 13.2 Å². The van der Waals surface area contributed by atoms with E-state index >= 15 is 4.39 Å². The molecule has 0 radical (unpaired) electrons. The van der Waals surface area contributed by atoms with Gasteiger partial charge in [0.05, 0.1) is 24.3 Å². The summed E-state index contributed by atoms with van der Waals surface area (Å²) in [6.07, 6.45) is 8.32. The molecule has 3 aromatic rings. The van der Waals surface area contributed by atoms with Gasteiger partial charge < -0.3 is 20.3 Å². The second-order valence-electron chi connectivity index (χ2n) is 12.4.